The molecule has 1 saturated heterocycles. The van der Waals surface area contributed by atoms with Crippen LogP contribution in [0.1, 0.15) is 21.5 Å². The number of quaternary nitrogens is 1. The molecule has 1 aliphatic heterocycles. The lowest BCUT2D eigenvalue weighted by atomic mass is 10.1. The molecule has 6 heteroatoms. The Bertz CT molecular complexity index is 798. The number of nitrogens with one attached hydrogen (secondary N) is 2. The molecule has 0 aliphatic carbocycles. The number of urea groups is 1. The highest BCUT2D eigenvalue weighted by Gasteiger charge is 2.24. The fourth-order valence-corrected chi connectivity index (χ4v) is 3.37. The third-order valence-electron chi connectivity index (χ3n) is 4.67. The summed E-state index contributed by atoms with van der Waals surface area (Å²) >= 11 is 0. The van der Waals surface area contributed by atoms with E-state index in [2.05, 4.69) is 36.5 Å². The van der Waals surface area contributed by atoms with Gasteiger partial charge in [0, 0.05) is 16.8 Å². The summed E-state index contributed by atoms with van der Waals surface area (Å²) in [5.74, 6) is -0.00674. The van der Waals surface area contributed by atoms with E-state index < -0.39 is 6.03 Å². The number of hydrogen-bond acceptors (Lipinski definition) is 2. The number of rotatable bonds is 4. The van der Waals surface area contributed by atoms with Gasteiger partial charge in [0.15, 0.2) is 0 Å². The van der Waals surface area contributed by atoms with E-state index in [9.17, 15) is 9.59 Å². The lowest BCUT2D eigenvalue weighted by molar-refractivity contribution is -0.917. The van der Waals surface area contributed by atoms with Gasteiger partial charge in [0.2, 0.25) is 0 Å². The molecule has 2 aromatic carbocycles. The lowest BCUT2D eigenvalue weighted by Crippen LogP contribution is -3.13. The molecule has 26 heavy (non-hydrogen) atoms. The highest BCUT2D eigenvalue weighted by molar-refractivity contribution is 5.96. The highest BCUT2D eigenvalue weighted by atomic mass is 16.2. The van der Waals surface area contributed by atoms with Crippen LogP contribution >= 0.6 is 0 Å². The van der Waals surface area contributed by atoms with E-state index in [-0.39, 0.29) is 5.91 Å². The van der Waals surface area contributed by atoms with Crippen molar-refractivity contribution in [2.45, 2.75) is 13.5 Å². The maximum Gasteiger partial charge on any atom is 0.316 e. The molecule has 2 aromatic rings. The molecule has 3 rings (SSSR count). The Hall–Kier alpha value is -2.86. The summed E-state index contributed by atoms with van der Waals surface area (Å²) in [5, 5.41) is 2.51. The number of primary amides is 1. The number of amides is 3. The quantitative estimate of drug-likeness (QED) is 0.767. The van der Waals surface area contributed by atoms with Gasteiger partial charge in [0.1, 0.15) is 6.54 Å². The van der Waals surface area contributed by atoms with E-state index in [0.717, 1.165) is 32.7 Å². The summed E-state index contributed by atoms with van der Waals surface area (Å²) in [7, 11) is 0. The Morgan fingerprint density at radius 1 is 1.12 bits per heavy atom. The van der Waals surface area contributed by atoms with Gasteiger partial charge in [-0.2, -0.15) is 0 Å². The van der Waals surface area contributed by atoms with Crippen LogP contribution in [-0.2, 0) is 6.54 Å². The number of carbonyl (C=O) groups excluding carboxylic acids is 2. The molecule has 0 atom stereocenters. The minimum Gasteiger partial charge on any atom is -0.351 e. The standard InChI is InChI=1S/C20H24N4O2/c1-15-4-2-5-16(12-15)14-23-8-10-24(11-9-23)19(25)17-6-3-7-18(13-17)22-20(21)26/h2-7,12-13H,8-11,14H2,1H3,(H3,21,22,26)/p+1. The summed E-state index contributed by atoms with van der Waals surface area (Å²) in [4.78, 5) is 27.1. The van der Waals surface area contributed by atoms with Crippen LogP contribution < -0.4 is 16.0 Å². The molecule has 0 unspecified atom stereocenters. The second-order valence-corrected chi connectivity index (χ2v) is 6.78. The molecule has 136 valence electrons. The second kappa shape index (κ2) is 8.01. The predicted molar refractivity (Wildman–Crippen MR) is 101 cm³/mol. The van der Waals surface area contributed by atoms with Crippen molar-refractivity contribution in [3.05, 3.63) is 65.2 Å². The molecule has 0 bridgehead atoms. The number of benzene rings is 2. The Kier molecular flexibility index (Phi) is 5.53. The zero-order valence-electron chi connectivity index (χ0n) is 15.0. The van der Waals surface area contributed by atoms with Gasteiger partial charge in [-0.1, -0.05) is 35.9 Å². The van der Waals surface area contributed by atoms with Gasteiger partial charge in [-0.15, -0.1) is 0 Å². The number of anilines is 1. The molecular weight excluding hydrogens is 328 g/mol. The normalized spacial score (nSPS) is 14.9. The van der Waals surface area contributed by atoms with Crippen LogP contribution in [0, 0.1) is 6.92 Å². The smallest absolute Gasteiger partial charge is 0.316 e. The maximum atomic E-state index is 12.7. The highest BCUT2D eigenvalue weighted by Crippen LogP contribution is 2.13. The molecular formula is C20H25N4O2+. The third-order valence-corrected chi connectivity index (χ3v) is 4.67. The number of piperazine rings is 1. The Balaban J connectivity index is 1.57. The Morgan fingerprint density at radius 3 is 2.54 bits per heavy atom. The van der Waals surface area contributed by atoms with Crippen LogP contribution in [0.4, 0.5) is 10.5 Å². The summed E-state index contributed by atoms with van der Waals surface area (Å²) in [6.07, 6.45) is 0. The minimum absolute atomic E-state index is 0.00674. The minimum atomic E-state index is -0.636. The van der Waals surface area contributed by atoms with Gasteiger partial charge in [-0.25, -0.2) is 4.79 Å². The third kappa shape index (κ3) is 4.61. The van der Waals surface area contributed by atoms with Gasteiger partial charge in [-0.3, -0.25) is 4.79 Å². The number of aryl methyl sites for hydroxylation is 1. The molecule has 1 heterocycles. The summed E-state index contributed by atoms with van der Waals surface area (Å²) < 4.78 is 0. The molecule has 6 nitrogen and oxygen atoms in total. The SMILES string of the molecule is Cc1cccc(C[NH+]2CCN(C(=O)c3cccc(NC(N)=O)c3)CC2)c1. The maximum absolute atomic E-state index is 12.7. The number of carbonyl (C=O) groups is 2. The van der Waals surface area contributed by atoms with Crippen LogP contribution in [0.5, 0.6) is 0 Å². The van der Waals surface area contributed by atoms with Crippen molar-refractivity contribution in [2.75, 3.05) is 31.5 Å². The van der Waals surface area contributed by atoms with Gasteiger partial charge in [0.25, 0.3) is 5.91 Å². The van der Waals surface area contributed by atoms with E-state index in [4.69, 9.17) is 5.73 Å². The average Bonchev–Trinajstić information content (AvgIpc) is 2.61. The Morgan fingerprint density at radius 2 is 1.85 bits per heavy atom. The van der Waals surface area contributed by atoms with Crippen molar-refractivity contribution in [1.82, 2.24) is 4.90 Å². The topological polar surface area (TPSA) is 79.9 Å². The molecule has 1 aliphatic rings. The summed E-state index contributed by atoms with van der Waals surface area (Å²) in [5.41, 5.74) is 8.85. The van der Waals surface area contributed by atoms with Crippen LogP contribution in [0.3, 0.4) is 0 Å². The molecule has 0 saturated carbocycles. The first kappa shape index (κ1) is 17.9. The fourth-order valence-electron chi connectivity index (χ4n) is 3.37. The first-order valence-electron chi connectivity index (χ1n) is 8.86. The van der Waals surface area contributed by atoms with Crippen molar-refractivity contribution in [3.8, 4) is 0 Å². The van der Waals surface area contributed by atoms with Crippen LogP contribution in [0.15, 0.2) is 48.5 Å². The van der Waals surface area contributed by atoms with Crippen molar-refractivity contribution in [3.63, 3.8) is 0 Å². The summed E-state index contributed by atoms with van der Waals surface area (Å²) in [6.45, 7) is 6.41. The van der Waals surface area contributed by atoms with E-state index in [1.165, 1.54) is 16.0 Å². The fraction of sp³-hybridized carbons (Fsp3) is 0.300. The zero-order chi connectivity index (χ0) is 18.5. The summed E-state index contributed by atoms with van der Waals surface area (Å²) in [6, 6.07) is 14.8. The van der Waals surface area contributed by atoms with Crippen LogP contribution in [0.25, 0.3) is 0 Å². The van der Waals surface area contributed by atoms with E-state index >= 15 is 0 Å². The molecule has 1 fully saturated rings. The molecule has 4 N–H and O–H groups in total. The number of hydrogen-bond donors (Lipinski definition) is 3. The molecule has 3 amide bonds. The zero-order valence-corrected chi connectivity index (χ0v) is 15.0. The predicted octanol–water partition coefficient (Wildman–Crippen LogP) is 1.03. The first-order chi connectivity index (χ1) is 12.5. The Labute approximate surface area is 153 Å². The van der Waals surface area contributed by atoms with Gasteiger partial charge in [0.05, 0.1) is 26.2 Å². The second-order valence-electron chi connectivity index (χ2n) is 6.78. The average molecular weight is 353 g/mol. The van der Waals surface area contributed by atoms with Gasteiger partial charge >= 0.3 is 6.03 Å². The van der Waals surface area contributed by atoms with Gasteiger partial charge in [-0.05, 0) is 25.1 Å². The van der Waals surface area contributed by atoms with Crippen LogP contribution in [0.2, 0.25) is 0 Å². The monoisotopic (exact) mass is 353 g/mol. The largest absolute Gasteiger partial charge is 0.351 e. The first-order valence-corrected chi connectivity index (χ1v) is 8.86. The lowest BCUT2D eigenvalue weighted by Gasteiger charge is -2.32. The number of nitrogens with zero attached hydrogens (tertiary/aromatic N) is 1. The van der Waals surface area contributed by atoms with Gasteiger partial charge < -0.3 is 20.9 Å². The van der Waals surface area contributed by atoms with E-state index in [1.807, 2.05) is 4.90 Å². The molecule has 0 spiro atoms. The molecule has 0 aromatic heterocycles. The van der Waals surface area contributed by atoms with E-state index in [1.54, 1.807) is 24.3 Å². The van der Waals surface area contributed by atoms with Crippen molar-refractivity contribution >= 4 is 17.6 Å². The van der Waals surface area contributed by atoms with Crippen LogP contribution in [-0.4, -0.2) is 43.0 Å². The molecule has 0 radical (unpaired) electrons. The van der Waals surface area contributed by atoms with Crippen molar-refractivity contribution in [2.24, 2.45) is 5.73 Å². The number of nitrogens with two attached hydrogens (primary N) is 1. The van der Waals surface area contributed by atoms with Crippen molar-refractivity contribution in [1.29, 1.82) is 0 Å². The van der Waals surface area contributed by atoms with E-state index in [0.29, 0.717) is 11.3 Å². The van der Waals surface area contributed by atoms with Crippen molar-refractivity contribution < 1.29 is 14.5 Å².